The van der Waals surface area contributed by atoms with E-state index >= 15 is 0 Å². The number of rotatable bonds is 1. The molecule has 0 radical (unpaired) electrons. The molecular formula is C12H11FIN. The summed E-state index contributed by atoms with van der Waals surface area (Å²) in [5.41, 5.74) is 2.72. The smallest absolute Gasteiger partial charge is 0.148 e. The first-order valence-corrected chi connectivity index (χ1v) is 5.78. The lowest BCUT2D eigenvalue weighted by Crippen LogP contribution is -2.01. The Morgan fingerprint density at radius 3 is 2.20 bits per heavy atom. The summed E-state index contributed by atoms with van der Waals surface area (Å²) in [5, 5.41) is 0. The summed E-state index contributed by atoms with van der Waals surface area (Å²) in [5.74, 6) is -0.177. The molecule has 0 fully saturated rings. The summed E-state index contributed by atoms with van der Waals surface area (Å²) in [7, 11) is 0. The predicted octanol–water partition coefficient (Wildman–Crippen LogP) is 3.84. The van der Waals surface area contributed by atoms with Gasteiger partial charge in [0.2, 0.25) is 0 Å². The van der Waals surface area contributed by atoms with Gasteiger partial charge in [0, 0.05) is 15.0 Å². The third-order valence-corrected chi connectivity index (χ3v) is 3.09. The standard InChI is InChI=1S/C12H11FIN/c1-8-3-4-9(2)15(8)12-6-5-10(14)7-11(12)13/h3-7H,1-2H3. The molecular weight excluding hydrogens is 304 g/mol. The molecule has 15 heavy (non-hydrogen) atoms. The van der Waals surface area contributed by atoms with Crippen LogP contribution in [-0.2, 0) is 0 Å². The lowest BCUT2D eigenvalue weighted by molar-refractivity contribution is 0.615. The number of hydrogen-bond donors (Lipinski definition) is 0. The summed E-state index contributed by atoms with van der Waals surface area (Å²) >= 11 is 2.11. The van der Waals surface area contributed by atoms with Crippen LogP contribution < -0.4 is 0 Å². The van der Waals surface area contributed by atoms with Crippen molar-refractivity contribution in [2.45, 2.75) is 13.8 Å². The molecule has 1 aromatic carbocycles. The van der Waals surface area contributed by atoms with Crippen LogP contribution >= 0.6 is 22.6 Å². The van der Waals surface area contributed by atoms with Gasteiger partial charge >= 0.3 is 0 Å². The zero-order valence-corrected chi connectivity index (χ0v) is 10.7. The van der Waals surface area contributed by atoms with Crippen molar-refractivity contribution >= 4 is 22.6 Å². The highest BCUT2D eigenvalue weighted by Gasteiger charge is 2.08. The number of aromatic nitrogens is 1. The summed E-state index contributed by atoms with van der Waals surface area (Å²) in [6, 6.07) is 9.27. The van der Waals surface area contributed by atoms with Crippen LogP contribution in [-0.4, -0.2) is 4.57 Å². The van der Waals surface area contributed by atoms with Crippen molar-refractivity contribution in [1.29, 1.82) is 0 Å². The molecule has 0 aliphatic heterocycles. The van der Waals surface area contributed by atoms with Crippen LogP contribution in [0.5, 0.6) is 0 Å². The molecule has 0 saturated carbocycles. The van der Waals surface area contributed by atoms with E-state index in [2.05, 4.69) is 22.6 Å². The maximum absolute atomic E-state index is 13.7. The van der Waals surface area contributed by atoms with Crippen molar-refractivity contribution in [1.82, 2.24) is 4.57 Å². The highest BCUT2D eigenvalue weighted by Crippen LogP contribution is 2.20. The molecule has 2 rings (SSSR count). The summed E-state index contributed by atoms with van der Waals surface area (Å²) in [6.07, 6.45) is 0. The maximum Gasteiger partial charge on any atom is 0.148 e. The third-order valence-electron chi connectivity index (χ3n) is 2.42. The average Bonchev–Trinajstić information content (AvgIpc) is 2.48. The summed E-state index contributed by atoms with van der Waals surface area (Å²) in [4.78, 5) is 0. The largest absolute Gasteiger partial charge is 0.316 e. The zero-order chi connectivity index (χ0) is 11.0. The van der Waals surface area contributed by atoms with Crippen molar-refractivity contribution in [2.24, 2.45) is 0 Å². The van der Waals surface area contributed by atoms with Gasteiger partial charge in [0.25, 0.3) is 0 Å². The Labute approximate surface area is 102 Å². The quantitative estimate of drug-likeness (QED) is 0.705. The number of hydrogen-bond acceptors (Lipinski definition) is 0. The minimum absolute atomic E-state index is 0.177. The molecule has 1 aromatic heterocycles. The average molecular weight is 315 g/mol. The van der Waals surface area contributed by atoms with Crippen LogP contribution in [0.15, 0.2) is 30.3 Å². The second kappa shape index (κ2) is 3.96. The van der Waals surface area contributed by atoms with E-state index in [9.17, 15) is 4.39 Å². The second-order valence-electron chi connectivity index (χ2n) is 3.55. The maximum atomic E-state index is 13.7. The fourth-order valence-corrected chi connectivity index (χ4v) is 2.16. The van der Waals surface area contributed by atoms with Crippen molar-refractivity contribution in [3.05, 3.63) is 51.1 Å². The van der Waals surface area contributed by atoms with E-state index < -0.39 is 0 Å². The Balaban J connectivity index is 2.64. The van der Waals surface area contributed by atoms with Gasteiger partial charge in [-0.05, 0) is 66.8 Å². The van der Waals surface area contributed by atoms with Gasteiger partial charge in [-0.3, -0.25) is 0 Å². The summed E-state index contributed by atoms with van der Waals surface area (Å²) < 4.78 is 16.6. The van der Waals surface area contributed by atoms with Crippen molar-refractivity contribution in [3.63, 3.8) is 0 Å². The molecule has 0 atom stereocenters. The first-order valence-electron chi connectivity index (χ1n) is 4.70. The molecule has 3 heteroatoms. The van der Waals surface area contributed by atoms with E-state index in [1.165, 1.54) is 0 Å². The molecule has 0 amide bonds. The summed E-state index contributed by atoms with van der Waals surface area (Å²) in [6.45, 7) is 3.95. The molecule has 2 aromatic rings. The lowest BCUT2D eigenvalue weighted by atomic mass is 10.3. The van der Waals surface area contributed by atoms with Gasteiger partial charge in [-0.2, -0.15) is 0 Å². The predicted molar refractivity (Wildman–Crippen MR) is 67.9 cm³/mol. The monoisotopic (exact) mass is 315 g/mol. The van der Waals surface area contributed by atoms with E-state index in [0.29, 0.717) is 5.69 Å². The van der Waals surface area contributed by atoms with Gasteiger partial charge in [0.05, 0.1) is 5.69 Å². The van der Waals surface area contributed by atoms with Gasteiger partial charge in [0.15, 0.2) is 0 Å². The fraction of sp³-hybridized carbons (Fsp3) is 0.167. The zero-order valence-electron chi connectivity index (χ0n) is 8.59. The van der Waals surface area contributed by atoms with Gasteiger partial charge in [-0.15, -0.1) is 0 Å². The van der Waals surface area contributed by atoms with E-state index in [-0.39, 0.29) is 5.82 Å². The lowest BCUT2D eigenvalue weighted by Gasteiger charge is -2.10. The molecule has 0 bridgehead atoms. The normalized spacial score (nSPS) is 10.7. The van der Waals surface area contributed by atoms with Crippen molar-refractivity contribution < 1.29 is 4.39 Å². The first kappa shape index (κ1) is 10.7. The van der Waals surface area contributed by atoms with E-state index in [4.69, 9.17) is 0 Å². The van der Waals surface area contributed by atoms with Gasteiger partial charge in [-0.25, -0.2) is 4.39 Å². The SMILES string of the molecule is Cc1ccc(C)n1-c1ccc(I)cc1F. The van der Waals surface area contributed by atoms with Crippen LogP contribution in [0.4, 0.5) is 4.39 Å². The Hall–Kier alpha value is -0.840. The van der Waals surface area contributed by atoms with Crippen LogP contribution in [0.3, 0.4) is 0 Å². The Kier molecular flexibility index (Phi) is 2.82. The third kappa shape index (κ3) is 1.93. The molecule has 78 valence electrons. The molecule has 0 spiro atoms. The topological polar surface area (TPSA) is 4.93 Å². The highest BCUT2D eigenvalue weighted by molar-refractivity contribution is 14.1. The van der Waals surface area contributed by atoms with E-state index in [0.717, 1.165) is 15.0 Å². The van der Waals surface area contributed by atoms with Crippen LogP contribution in [0.2, 0.25) is 0 Å². The van der Waals surface area contributed by atoms with Crippen molar-refractivity contribution in [3.8, 4) is 5.69 Å². The Bertz CT molecular complexity index is 483. The van der Waals surface area contributed by atoms with Crippen LogP contribution in [0.1, 0.15) is 11.4 Å². The molecule has 0 aliphatic rings. The fourth-order valence-electron chi connectivity index (χ4n) is 1.71. The number of aryl methyl sites for hydroxylation is 2. The van der Waals surface area contributed by atoms with E-state index in [1.54, 1.807) is 6.07 Å². The molecule has 0 N–H and O–H groups in total. The minimum Gasteiger partial charge on any atom is -0.316 e. The van der Waals surface area contributed by atoms with Gasteiger partial charge in [0.1, 0.15) is 5.82 Å². The Morgan fingerprint density at radius 2 is 1.67 bits per heavy atom. The molecule has 1 nitrogen and oxygen atoms in total. The van der Waals surface area contributed by atoms with Crippen molar-refractivity contribution in [2.75, 3.05) is 0 Å². The molecule has 1 heterocycles. The number of nitrogens with zero attached hydrogens (tertiary/aromatic N) is 1. The number of halogens is 2. The van der Waals surface area contributed by atoms with E-state index in [1.807, 2.05) is 42.7 Å². The second-order valence-corrected chi connectivity index (χ2v) is 4.79. The van der Waals surface area contributed by atoms with Gasteiger partial charge in [-0.1, -0.05) is 0 Å². The highest BCUT2D eigenvalue weighted by atomic mass is 127. The molecule has 0 saturated heterocycles. The Morgan fingerprint density at radius 1 is 1.07 bits per heavy atom. The van der Waals surface area contributed by atoms with Crippen LogP contribution in [0.25, 0.3) is 5.69 Å². The molecule has 0 aliphatic carbocycles. The minimum atomic E-state index is -0.177. The van der Waals surface area contributed by atoms with Crippen LogP contribution in [0, 0.1) is 23.2 Å². The first-order chi connectivity index (χ1) is 7.09. The van der Waals surface area contributed by atoms with Gasteiger partial charge < -0.3 is 4.57 Å². The molecule has 0 unspecified atom stereocenters. The number of benzene rings is 1.